The number of aryl methyl sites for hydroxylation is 1. The highest BCUT2D eigenvalue weighted by molar-refractivity contribution is 6.00. The van der Waals surface area contributed by atoms with Crippen molar-refractivity contribution in [3.05, 3.63) is 41.8 Å². The van der Waals surface area contributed by atoms with Gasteiger partial charge in [0.2, 0.25) is 6.10 Å². The van der Waals surface area contributed by atoms with Gasteiger partial charge in [-0.25, -0.2) is 13.9 Å². The molecule has 1 aliphatic rings. The molecule has 0 spiro atoms. The summed E-state index contributed by atoms with van der Waals surface area (Å²) in [5, 5.41) is 4.46. The minimum Gasteiger partial charge on any atom is -0.457 e. The Morgan fingerprint density at radius 1 is 1.25 bits per heavy atom. The molecule has 1 aromatic heterocycles. The van der Waals surface area contributed by atoms with Crippen LogP contribution in [0.25, 0.3) is 5.69 Å². The topological polar surface area (TPSA) is 100.0 Å². The summed E-state index contributed by atoms with van der Waals surface area (Å²) >= 11 is 0. The van der Waals surface area contributed by atoms with Crippen LogP contribution in [0.15, 0.2) is 30.3 Å². The maximum atomic E-state index is 13.3. The molecule has 9 nitrogen and oxygen atoms in total. The molecule has 2 heterocycles. The van der Waals surface area contributed by atoms with E-state index in [9.17, 15) is 18.8 Å². The third-order valence-corrected chi connectivity index (χ3v) is 4.55. The fourth-order valence-corrected chi connectivity index (χ4v) is 3.26. The first-order valence-electron chi connectivity index (χ1n) is 10.1. The number of carbonyl (C=O) groups is 3. The number of hydrogen-bond acceptors (Lipinski definition) is 7. The van der Waals surface area contributed by atoms with Crippen molar-refractivity contribution in [2.75, 3.05) is 18.1 Å². The van der Waals surface area contributed by atoms with Gasteiger partial charge in [-0.05, 0) is 52.0 Å². The second-order valence-electron chi connectivity index (χ2n) is 8.38. The molecule has 1 aromatic carbocycles. The highest BCUT2D eigenvalue weighted by Crippen LogP contribution is 2.24. The van der Waals surface area contributed by atoms with Crippen LogP contribution in [0, 0.1) is 12.7 Å². The molecule has 172 valence electrons. The number of ether oxygens (including phenoxy) is 3. The molecule has 0 bridgehead atoms. The average Bonchev–Trinajstić information content (AvgIpc) is 3.07. The van der Waals surface area contributed by atoms with Gasteiger partial charge in [0.25, 0.3) is 5.91 Å². The third-order valence-electron chi connectivity index (χ3n) is 4.55. The van der Waals surface area contributed by atoms with Crippen molar-refractivity contribution in [1.29, 1.82) is 0 Å². The van der Waals surface area contributed by atoms with Gasteiger partial charge in [-0.3, -0.25) is 14.5 Å². The van der Waals surface area contributed by atoms with E-state index in [1.807, 2.05) is 0 Å². The molecule has 2 atom stereocenters. The van der Waals surface area contributed by atoms with Crippen LogP contribution < -0.4 is 4.90 Å². The Labute approximate surface area is 185 Å². The van der Waals surface area contributed by atoms with Crippen LogP contribution in [-0.4, -0.2) is 58.6 Å². The van der Waals surface area contributed by atoms with Gasteiger partial charge in [0, 0.05) is 18.7 Å². The van der Waals surface area contributed by atoms with Crippen molar-refractivity contribution in [3.8, 4) is 5.69 Å². The van der Waals surface area contributed by atoms with Crippen LogP contribution in [0.4, 0.5) is 10.2 Å². The highest BCUT2D eigenvalue weighted by atomic mass is 19.1. The van der Waals surface area contributed by atoms with E-state index in [0.29, 0.717) is 17.2 Å². The Hall–Kier alpha value is -3.27. The molecular formula is C22H26FN3O6. The predicted molar refractivity (Wildman–Crippen MR) is 112 cm³/mol. The monoisotopic (exact) mass is 447 g/mol. The average molecular weight is 447 g/mol. The van der Waals surface area contributed by atoms with Crippen LogP contribution in [-0.2, 0) is 28.6 Å². The molecule has 0 saturated carbocycles. The molecule has 0 aliphatic carbocycles. The molecule has 0 N–H and O–H groups in total. The van der Waals surface area contributed by atoms with Gasteiger partial charge in [0.1, 0.15) is 11.4 Å². The van der Waals surface area contributed by atoms with Crippen LogP contribution in [0.5, 0.6) is 0 Å². The third kappa shape index (κ3) is 5.31. The maximum absolute atomic E-state index is 13.3. The Balaban J connectivity index is 1.88. The number of amides is 1. The lowest BCUT2D eigenvalue weighted by Gasteiger charge is -2.34. The highest BCUT2D eigenvalue weighted by Gasteiger charge is 2.45. The normalized spacial score (nSPS) is 17.8. The Bertz CT molecular complexity index is 1010. The van der Waals surface area contributed by atoms with Crippen molar-refractivity contribution in [3.63, 3.8) is 0 Å². The van der Waals surface area contributed by atoms with E-state index in [1.165, 1.54) is 17.0 Å². The second kappa shape index (κ2) is 9.07. The van der Waals surface area contributed by atoms with E-state index >= 15 is 0 Å². The smallest absolute Gasteiger partial charge is 0.351 e. The van der Waals surface area contributed by atoms with E-state index in [1.54, 1.807) is 50.6 Å². The van der Waals surface area contributed by atoms with Crippen LogP contribution in [0.1, 0.15) is 33.4 Å². The van der Waals surface area contributed by atoms with Crippen molar-refractivity contribution >= 4 is 23.7 Å². The van der Waals surface area contributed by atoms with Gasteiger partial charge in [0.05, 0.1) is 18.8 Å². The van der Waals surface area contributed by atoms with Crippen molar-refractivity contribution in [2.24, 2.45) is 0 Å². The molecule has 2 aromatic rings. The summed E-state index contributed by atoms with van der Waals surface area (Å²) < 4.78 is 30.8. The Kier molecular flexibility index (Phi) is 6.63. The lowest BCUT2D eigenvalue weighted by Crippen LogP contribution is -2.56. The first-order chi connectivity index (χ1) is 15.0. The van der Waals surface area contributed by atoms with Gasteiger partial charge in [0.15, 0.2) is 11.9 Å². The standard InChI is InChI=1S/C22H26FN3O6/c1-13-12-17(24-26(13)16-8-6-15(23)7-9-16)25-10-11-30-18(20(25)28)19(31-14(2)27)21(29)32-22(3,4)5/h6-9,12,18-19H,10-11H2,1-5H3/t18-,19-/m1/s1. The zero-order chi connectivity index (χ0) is 23.6. The number of carbonyl (C=O) groups excluding carboxylic acids is 3. The zero-order valence-electron chi connectivity index (χ0n) is 18.6. The SMILES string of the molecule is CC(=O)O[C@@H](C(=O)OC(C)(C)C)[C@H]1OCCN(c2cc(C)n(-c3ccc(F)cc3)n2)C1=O. The number of rotatable bonds is 5. The minimum atomic E-state index is -1.55. The van der Waals surface area contributed by atoms with Gasteiger partial charge in [-0.1, -0.05) is 0 Å². The number of anilines is 1. The summed E-state index contributed by atoms with van der Waals surface area (Å²) in [5.41, 5.74) is 0.489. The number of nitrogens with zero attached hydrogens (tertiary/aromatic N) is 3. The number of morpholine rings is 1. The summed E-state index contributed by atoms with van der Waals surface area (Å²) in [5.74, 6) is -2.25. The van der Waals surface area contributed by atoms with Crippen molar-refractivity contribution in [1.82, 2.24) is 9.78 Å². The summed E-state index contributed by atoms with van der Waals surface area (Å²) in [6, 6.07) is 7.47. The molecular weight excluding hydrogens is 421 g/mol. The number of aromatic nitrogens is 2. The van der Waals surface area contributed by atoms with Crippen molar-refractivity contribution in [2.45, 2.75) is 52.4 Å². The van der Waals surface area contributed by atoms with E-state index in [2.05, 4.69) is 5.10 Å². The van der Waals surface area contributed by atoms with E-state index in [4.69, 9.17) is 14.2 Å². The fraction of sp³-hybridized carbons (Fsp3) is 0.455. The molecule has 1 saturated heterocycles. The van der Waals surface area contributed by atoms with Gasteiger partial charge in [-0.2, -0.15) is 0 Å². The quantitative estimate of drug-likeness (QED) is 0.649. The van der Waals surface area contributed by atoms with Gasteiger partial charge < -0.3 is 14.2 Å². The summed E-state index contributed by atoms with van der Waals surface area (Å²) in [4.78, 5) is 38.8. The van der Waals surface area contributed by atoms with E-state index in [-0.39, 0.29) is 19.0 Å². The molecule has 10 heteroatoms. The molecule has 3 rings (SSSR count). The maximum Gasteiger partial charge on any atom is 0.351 e. The van der Waals surface area contributed by atoms with E-state index in [0.717, 1.165) is 6.92 Å². The van der Waals surface area contributed by atoms with Gasteiger partial charge >= 0.3 is 11.9 Å². The number of esters is 2. The van der Waals surface area contributed by atoms with Crippen LogP contribution in [0.3, 0.4) is 0 Å². The number of hydrogen-bond donors (Lipinski definition) is 0. The van der Waals surface area contributed by atoms with Crippen molar-refractivity contribution < 1.29 is 33.0 Å². The molecule has 0 unspecified atom stereocenters. The number of halogens is 1. The number of benzene rings is 1. The largest absolute Gasteiger partial charge is 0.457 e. The zero-order valence-corrected chi connectivity index (χ0v) is 18.6. The first kappa shape index (κ1) is 23.4. The predicted octanol–water partition coefficient (Wildman–Crippen LogP) is 2.33. The lowest BCUT2D eigenvalue weighted by molar-refractivity contribution is -0.188. The van der Waals surface area contributed by atoms with Gasteiger partial charge in [-0.15, -0.1) is 5.10 Å². The summed E-state index contributed by atoms with van der Waals surface area (Å²) in [6.45, 7) is 8.21. The lowest BCUT2D eigenvalue weighted by atomic mass is 10.1. The molecule has 0 radical (unpaired) electrons. The summed E-state index contributed by atoms with van der Waals surface area (Å²) in [6.07, 6.45) is -2.93. The summed E-state index contributed by atoms with van der Waals surface area (Å²) in [7, 11) is 0. The Morgan fingerprint density at radius 3 is 2.50 bits per heavy atom. The Morgan fingerprint density at radius 2 is 1.91 bits per heavy atom. The molecule has 32 heavy (non-hydrogen) atoms. The fourth-order valence-electron chi connectivity index (χ4n) is 3.26. The molecule has 1 fully saturated rings. The van der Waals surface area contributed by atoms with Crippen LogP contribution >= 0.6 is 0 Å². The second-order valence-corrected chi connectivity index (χ2v) is 8.38. The van der Waals surface area contributed by atoms with E-state index < -0.39 is 35.7 Å². The first-order valence-corrected chi connectivity index (χ1v) is 10.1. The van der Waals surface area contributed by atoms with Crippen LogP contribution in [0.2, 0.25) is 0 Å². The minimum absolute atomic E-state index is 0.0967. The molecule has 1 amide bonds. The molecule has 1 aliphatic heterocycles.